The van der Waals surface area contributed by atoms with E-state index in [0.717, 1.165) is 48.9 Å². The third-order valence-corrected chi connectivity index (χ3v) is 12.3. The van der Waals surface area contributed by atoms with Gasteiger partial charge in [-0.1, -0.05) is 80.6 Å². The zero-order chi connectivity index (χ0) is 43.1. The number of aliphatic imine (C=N–C) groups is 2. The van der Waals surface area contributed by atoms with E-state index in [4.69, 9.17) is 11.5 Å². The highest BCUT2D eigenvalue weighted by Crippen LogP contribution is 2.35. The zero-order valence-electron chi connectivity index (χ0n) is 35.0. The molecule has 6 atom stereocenters. The number of nitrogens with two attached hydrogens (primary N) is 2. The van der Waals surface area contributed by atoms with Gasteiger partial charge < -0.3 is 43.0 Å². The van der Waals surface area contributed by atoms with Crippen LogP contribution in [-0.2, 0) is 35.2 Å². The van der Waals surface area contributed by atoms with Crippen LogP contribution in [0.4, 0.5) is 5.69 Å². The summed E-state index contributed by atoms with van der Waals surface area (Å²) in [6.07, 6.45) is 9.98. The monoisotopic (exact) mass is 838 g/mol. The normalized spacial score (nSPS) is 25.5. The summed E-state index contributed by atoms with van der Waals surface area (Å²) >= 11 is 0. The molecule has 4 aliphatic rings. The molecule has 9 N–H and O–H groups in total. The molecular formula is C45H62N10O6. The molecule has 3 fully saturated rings. The van der Waals surface area contributed by atoms with Crippen LogP contribution in [0, 0.1) is 5.92 Å². The highest BCUT2D eigenvalue weighted by atomic mass is 16.2. The van der Waals surface area contributed by atoms with Crippen molar-refractivity contribution in [1.29, 1.82) is 0 Å². The van der Waals surface area contributed by atoms with Crippen molar-refractivity contribution in [3.8, 4) is 0 Å². The number of benzene rings is 2. The Morgan fingerprint density at radius 2 is 1.48 bits per heavy atom. The van der Waals surface area contributed by atoms with Gasteiger partial charge in [0.2, 0.25) is 35.4 Å². The SMILES string of the molecule is NC(N)=NCCC[C@@H]1NC(=O)[C@H](C[C@@H]2C=Nc3ccccc32)NC(=O)[C@H](CC2CCCCC2)NC(=O)[C@H]2CCCN2C(=O)[C@H](NC(=O)CCc2ccccc2)CCCNC1=O. The fourth-order valence-electron chi connectivity index (χ4n) is 8.99. The molecule has 0 bridgehead atoms. The Balaban J connectivity index is 1.28. The third-order valence-electron chi connectivity index (χ3n) is 12.3. The van der Waals surface area contributed by atoms with E-state index in [1.165, 1.54) is 4.90 Å². The maximum absolute atomic E-state index is 14.5. The molecule has 16 heteroatoms. The van der Waals surface area contributed by atoms with Gasteiger partial charge in [0.15, 0.2) is 5.96 Å². The van der Waals surface area contributed by atoms with Crippen LogP contribution in [0.15, 0.2) is 64.6 Å². The zero-order valence-corrected chi connectivity index (χ0v) is 35.0. The number of para-hydroxylation sites is 1. The first-order chi connectivity index (χ1) is 29.5. The summed E-state index contributed by atoms with van der Waals surface area (Å²) in [5.74, 6) is -2.85. The molecule has 6 amide bonds. The molecule has 0 aromatic heterocycles. The first-order valence-corrected chi connectivity index (χ1v) is 22.1. The van der Waals surface area contributed by atoms with Crippen LogP contribution in [0.1, 0.15) is 107 Å². The van der Waals surface area contributed by atoms with Gasteiger partial charge in [-0.25, -0.2) is 0 Å². The van der Waals surface area contributed by atoms with Gasteiger partial charge in [-0.15, -0.1) is 0 Å². The lowest BCUT2D eigenvalue weighted by Gasteiger charge is -2.32. The first kappa shape index (κ1) is 44.7. The van der Waals surface area contributed by atoms with Crippen molar-refractivity contribution in [3.63, 3.8) is 0 Å². The lowest BCUT2D eigenvalue weighted by atomic mass is 9.84. The predicted octanol–water partition coefficient (Wildman–Crippen LogP) is 2.37. The highest BCUT2D eigenvalue weighted by Gasteiger charge is 2.40. The number of amides is 6. The lowest BCUT2D eigenvalue weighted by molar-refractivity contribution is -0.142. The number of rotatable bonds is 12. The second-order valence-electron chi connectivity index (χ2n) is 16.8. The molecule has 328 valence electrons. The second-order valence-corrected chi connectivity index (χ2v) is 16.8. The van der Waals surface area contributed by atoms with Crippen LogP contribution < -0.4 is 38.1 Å². The van der Waals surface area contributed by atoms with Crippen molar-refractivity contribution in [1.82, 2.24) is 31.5 Å². The largest absolute Gasteiger partial charge is 0.370 e. The minimum atomic E-state index is -1.09. The number of hydrogen-bond acceptors (Lipinski definition) is 8. The fourth-order valence-corrected chi connectivity index (χ4v) is 8.99. The molecule has 0 radical (unpaired) electrons. The number of hydrogen-bond donors (Lipinski definition) is 7. The molecule has 2 aromatic carbocycles. The smallest absolute Gasteiger partial charge is 0.245 e. The van der Waals surface area contributed by atoms with E-state index in [9.17, 15) is 28.8 Å². The van der Waals surface area contributed by atoms with Gasteiger partial charge in [0.25, 0.3) is 0 Å². The Morgan fingerprint density at radius 3 is 2.25 bits per heavy atom. The van der Waals surface area contributed by atoms with Crippen molar-refractivity contribution < 1.29 is 28.8 Å². The molecule has 0 spiro atoms. The topological polar surface area (TPSA) is 243 Å². The van der Waals surface area contributed by atoms with Crippen LogP contribution in [0.25, 0.3) is 0 Å². The minimum Gasteiger partial charge on any atom is -0.370 e. The summed E-state index contributed by atoms with van der Waals surface area (Å²) in [7, 11) is 0. The highest BCUT2D eigenvalue weighted by molar-refractivity contribution is 5.97. The van der Waals surface area contributed by atoms with E-state index < -0.39 is 53.8 Å². The summed E-state index contributed by atoms with van der Waals surface area (Å²) in [6.45, 7) is 0.689. The molecule has 3 heterocycles. The van der Waals surface area contributed by atoms with Gasteiger partial charge in [-0.05, 0) is 80.9 Å². The average Bonchev–Trinajstić information content (AvgIpc) is 3.92. The van der Waals surface area contributed by atoms with E-state index in [-0.39, 0.29) is 68.4 Å². The lowest BCUT2D eigenvalue weighted by Crippen LogP contribution is -2.59. The third kappa shape index (κ3) is 12.9. The average molecular weight is 839 g/mol. The molecular weight excluding hydrogens is 777 g/mol. The second kappa shape index (κ2) is 22.2. The number of carbonyl (C=O) groups excluding carboxylic acids is 6. The van der Waals surface area contributed by atoms with Gasteiger partial charge in [-0.3, -0.25) is 38.8 Å². The van der Waals surface area contributed by atoms with Crippen LogP contribution in [0.3, 0.4) is 0 Å². The number of guanidine groups is 1. The van der Waals surface area contributed by atoms with Crippen molar-refractivity contribution in [2.75, 3.05) is 19.6 Å². The molecule has 61 heavy (non-hydrogen) atoms. The number of nitrogens with zero attached hydrogens (tertiary/aromatic N) is 3. The molecule has 0 unspecified atom stereocenters. The van der Waals surface area contributed by atoms with Crippen LogP contribution in [0.2, 0.25) is 0 Å². The Morgan fingerprint density at radius 1 is 0.770 bits per heavy atom. The van der Waals surface area contributed by atoms with Crippen molar-refractivity contribution in [3.05, 3.63) is 65.7 Å². The van der Waals surface area contributed by atoms with E-state index in [1.807, 2.05) is 54.6 Å². The van der Waals surface area contributed by atoms with Gasteiger partial charge in [0, 0.05) is 38.2 Å². The van der Waals surface area contributed by atoms with E-state index in [0.29, 0.717) is 45.1 Å². The van der Waals surface area contributed by atoms with Gasteiger partial charge in [-0.2, -0.15) is 0 Å². The Bertz CT molecular complexity index is 1910. The first-order valence-electron chi connectivity index (χ1n) is 22.1. The van der Waals surface area contributed by atoms with Gasteiger partial charge >= 0.3 is 0 Å². The van der Waals surface area contributed by atoms with Crippen LogP contribution in [-0.4, -0.2) is 102 Å². The van der Waals surface area contributed by atoms with Crippen LogP contribution >= 0.6 is 0 Å². The van der Waals surface area contributed by atoms with E-state index in [2.05, 4.69) is 36.6 Å². The molecule has 1 aliphatic carbocycles. The Labute approximate surface area is 357 Å². The number of aryl methyl sites for hydroxylation is 1. The van der Waals surface area contributed by atoms with Crippen molar-refractivity contribution in [2.45, 2.75) is 132 Å². The summed E-state index contributed by atoms with van der Waals surface area (Å²) in [6, 6.07) is 12.3. The van der Waals surface area contributed by atoms with E-state index >= 15 is 0 Å². The predicted molar refractivity (Wildman–Crippen MR) is 233 cm³/mol. The molecule has 6 rings (SSSR count). The standard InChI is InChI=1S/C45H62N10O6/c46-45(47)49-24-9-18-34-40(57)48-23-10-19-35(51-39(56)22-21-29-12-3-1-4-13-29)44(61)55-25-11-20-38(55)43(60)54-36(26-30-14-5-2-6-15-30)41(58)53-37(42(59)52-34)27-31-28-50-33-17-8-7-16-32(31)33/h1,3-4,7-8,12-13,16-17,28,30-31,34-38H,2,5-6,9-11,14-15,18-27H2,(H,48,57)(H,51,56)(H,52,59)(H,53,58)(H,54,60)(H4,46,47,49)/t31-,34+,35-,36+,37+,38-/m1/s1. The number of fused-ring (bicyclic) bond motifs is 2. The summed E-state index contributed by atoms with van der Waals surface area (Å²) < 4.78 is 0. The van der Waals surface area contributed by atoms with E-state index in [1.54, 1.807) is 6.21 Å². The van der Waals surface area contributed by atoms with Crippen molar-refractivity contribution in [2.24, 2.45) is 27.4 Å². The molecule has 1 saturated carbocycles. The molecule has 3 aliphatic heterocycles. The molecule has 2 aromatic rings. The Kier molecular flexibility index (Phi) is 16.3. The van der Waals surface area contributed by atoms with Gasteiger partial charge in [0.05, 0.1) is 5.69 Å². The maximum atomic E-state index is 14.5. The summed E-state index contributed by atoms with van der Waals surface area (Å²) in [5.41, 5.74) is 13.8. The van der Waals surface area contributed by atoms with Crippen molar-refractivity contribution >= 4 is 53.3 Å². The fraction of sp³-hybridized carbons (Fsp3) is 0.556. The summed E-state index contributed by atoms with van der Waals surface area (Å²) in [5, 5.41) is 14.8. The Hall–Kier alpha value is -5.80. The number of carbonyl (C=O) groups is 6. The maximum Gasteiger partial charge on any atom is 0.245 e. The number of nitrogens with one attached hydrogen (secondary N) is 5. The minimum absolute atomic E-state index is 0.0918. The molecule has 16 nitrogen and oxygen atoms in total. The van der Waals surface area contributed by atoms with Crippen LogP contribution in [0.5, 0.6) is 0 Å². The molecule has 2 saturated heterocycles. The quantitative estimate of drug-likeness (QED) is 0.0949. The summed E-state index contributed by atoms with van der Waals surface area (Å²) in [4.78, 5) is 94.9. The van der Waals surface area contributed by atoms with Gasteiger partial charge in [0.1, 0.15) is 30.2 Å².